The highest BCUT2D eigenvalue weighted by atomic mass is 19.3. The maximum Gasteiger partial charge on any atom is 0.426 e. The lowest BCUT2D eigenvalue weighted by Gasteiger charge is -2.18. The van der Waals surface area contributed by atoms with E-state index in [2.05, 4.69) is 0 Å². The highest BCUT2D eigenvalue weighted by molar-refractivity contribution is 5.64. The van der Waals surface area contributed by atoms with Gasteiger partial charge in [-0.3, -0.25) is 0 Å². The number of halogens is 2. The van der Waals surface area contributed by atoms with Crippen LogP contribution in [0.2, 0.25) is 0 Å². The maximum atomic E-state index is 14.3. The van der Waals surface area contributed by atoms with Gasteiger partial charge in [0, 0.05) is 0 Å². The molecule has 134 valence electrons. The number of aliphatic hydroxyl groups is 1. The molecule has 0 heterocycles. The summed E-state index contributed by atoms with van der Waals surface area (Å²) < 4.78 is 38.3. The van der Waals surface area contributed by atoms with Crippen molar-refractivity contribution in [1.82, 2.24) is 0 Å². The number of benzene rings is 3. The number of rotatable bonds is 6. The number of aryl methyl sites for hydroxylation is 1. The van der Waals surface area contributed by atoms with Gasteiger partial charge in [-0.05, 0) is 54.4 Å². The average Bonchev–Trinajstić information content (AvgIpc) is 2.64. The second-order valence-electron chi connectivity index (χ2n) is 5.81. The Bertz CT molecular complexity index is 842. The molecule has 0 aromatic heterocycles. The average molecular weight is 356 g/mol. The summed E-state index contributed by atoms with van der Waals surface area (Å²) in [5.74, 6) is 0.371. The molecule has 3 aromatic rings. The number of ether oxygens (including phenoxy) is 2. The summed E-state index contributed by atoms with van der Waals surface area (Å²) in [6, 6.07) is 19.6. The van der Waals surface area contributed by atoms with Crippen molar-refractivity contribution >= 4 is 0 Å². The van der Waals surface area contributed by atoms with Gasteiger partial charge in [-0.1, -0.05) is 42.0 Å². The second-order valence-corrected chi connectivity index (χ2v) is 5.81. The molecule has 5 heteroatoms. The normalized spacial score (nSPS) is 11.2. The van der Waals surface area contributed by atoms with Gasteiger partial charge in [-0.2, -0.15) is 8.78 Å². The van der Waals surface area contributed by atoms with Gasteiger partial charge in [0.15, 0.2) is 6.79 Å². The first-order valence-corrected chi connectivity index (χ1v) is 8.06. The molecule has 0 spiro atoms. The molecule has 0 atom stereocenters. The molecule has 0 aliphatic carbocycles. The van der Waals surface area contributed by atoms with Crippen LogP contribution in [0.4, 0.5) is 8.78 Å². The minimum Gasteiger partial charge on any atom is -0.468 e. The molecule has 0 unspecified atom stereocenters. The van der Waals surface area contributed by atoms with E-state index in [4.69, 9.17) is 14.6 Å². The Kier molecular flexibility index (Phi) is 5.19. The predicted molar refractivity (Wildman–Crippen MR) is 95.3 cm³/mol. The lowest BCUT2D eigenvalue weighted by Crippen LogP contribution is -2.21. The summed E-state index contributed by atoms with van der Waals surface area (Å²) in [5.41, 5.74) is 2.79. The summed E-state index contributed by atoms with van der Waals surface area (Å²) in [7, 11) is 0. The lowest BCUT2D eigenvalue weighted by atomic mass is 10.0. The smallest absolute Gasteiger partial charge is 0.426 e. The fourth-order valence-electron chi connectivity index (χ4n) is 2.49. The third-order valence-corrected chi connectivity index (χ3v) is 3.91. The van der Waals surface area contributed by atoms with E-state index in [1.54, 1.807) is 12.1 Å². The summed E-state index contributed by atoms with van der Waals surface area (Å²) in [5, 5.41) is 8.67. The molecule has 3 aromatic carbocycles. The van der Waals surface area contributed by atoms with Gasteiger partial charge in [0.2, 0.25) is 0 Å². The minimum absolute atomic E-state index is 0.0709. The SMILES string of the molecule is Cc1ccc(-c2ccc(OC(F)(F)c3ccc(OCO)cc3)cc2)cc1. The zero-order chi connectivity index (χ0) is 18.6. The first kappa shape index (κ1) is 17.9. The molecular formula is C21H18F2O3. The number of hydrogen-bond donors (Lipinski definition) is 1. The molecular weight excluding hydrogens is 338 g/mol. The minimum atomic E-state index is -3.48. The highest BCUT2D eigenvalue weighted by Gasteiger charge is 2.34. The Morgan fingerprint density at radius 3 is 1.81 bits per heavy atom. The topological polar surface area (TPSA) is 38.7 Å². The molecule has 0 aliphatic rings. The van der Waals surface area contributed by atoms with Gasteiger partial charge < -0.3 is 14.6 Å². The van der Waals surface area contributed by atoms with Crippen LogP contribution >= 0.6 is 0 Å². The number of alkyl halides is 2. The second kappa shape index (κ2) is 7.54. The maximum absolute atomic E-state index is 14.3. The molecule has 0 radical (unpaired) electrons. The summed E-state index contributed by atoms with van der Waals surface area (Å²) >= 11 is 0. The van der Waals surface area contributed by atoms with Gasteiger partial charge in [-0.15, -0.1) is 0 Å². The Morgan fingerprint density at radius 1 is 0.769 bits per heavy atom. The summed E-state index contributed by atoms with van der Waals surface area (Å²) in [6.07, 6.45) is -3.48. The first-order chi connectivity index (χ1) is 12.5. The van der Waals surface area contributed by atoms with Crippen LogP contribution in [-0.2, 0) is 6.11 Å². The van der Waals surface area contributed by atoms with Gasteiger partial charge in [0.05, 0.1) is 5.56 Å². The van der Waals surface area contributed by atoms with Crippen LogP contribution in [0, 0.1) is 6.92 Å². The van der Waals surface area contributed by atoms with Crippen molar-refractivity contribution in [1.29, 1.82) is 0 Å². The molecule has 0 amide bonds. The van der Waals surface area contributed by atoms with Crippen LogP contribution in [0.25, 0.3) is 11.1 Å². The monoisotopic (exact) mass is 356 g/mol. The number of aliphatic hydroxyl groups excluding tert-OH is 1. The first-order valence-electron chi connectivity index (χ1n) is 8.06. The quantitative estimate of drug-likeness (QED) is 0.623. The van der Waals surface area contributed by atoms with Crippen LogP contribution in [0.15, 0.2) is 72.8 Å². The van der Waals surface area contributed by atoms with Crippen LogP contribution in [0.5, 0.6) is 11.5 Å². The largest absolute Gasteiger partial charge is 0.468 e. The standard InChI is InChI=1S/C21H18F2O3/c1-15-2-4-16(5-3-15)17-6-10-20(11-7-17)26-21(22,23)18-8-12-19(13-9-18)25-14-24/h2-13,24H,14H2,1H3. The molecule has 26 heavy (non-hydrogen) atoms. The van der Waals surface area contributed by atoms with E-state index in [0.29, 0.717) is 5.75 Å². The van der Waals surface area contributed by atoms with Crippen molar-refractivity contribution in [2.45, 2.75) is 13.0 Å². The molecule has 0 bridgehead atoms. The van der Waals surface area contributed by atoms with Crippen molar-refractivity contribution in [3.05, 3.63) is 83.9 Å². The molecule has 0 aliphatic heterocycles. The molecule has 0 fully saturated rings. The molecule has 3 nitrogen and oxygen atoms in total. The van der Waals surface area contributed by atoms with Crippen molar-refractivity contribution in [3.63, 3.8) is 0 Å². The lowest BCUT2D eigenvalue weighted by molar-refractivity contribution is -0.185. The molecule has 1 N–H and O–H groups in total. The van der Waals surface area contributed by atoms with E-state index in [-0.39, 0.29) is 11.3 Å². The van der Waals surface area contributed by atoms with E-state index < -0.39 is 12.9 Å². The van der Waals surface area contributed by atoms with Gasteiger partial charge in [-0.25, -0.2) is 0 Å². The van der Waals surface area contributed by atoms with Gasteiger partial charge in [0.25, 0.3) is 0 Å². The van der Waals surface area contributed by atoms with Crippen molar-refractivity contribution in [2.75, 3.05) is 6.79 Å². The zero-order valence-corrected chi connectivity index (χ0v) is 14.2. The number of hydrogen-bond acceptors (Lipinski definition) is 3. The third-order valence-electron chi connectivity index (χ3n) is 3.91. The van der Waals surface area contributed by atoms with E-state index in [9.17, 15) is 8.78 Å². The zero-order valence-electron chi connectivity index (χ0n) is 14.2. The van der Waals surface area contributed by atoms with Crippen molar-refractivity contribution in [3.8, 4) is 22.6 Å². The predicted octanol–water partition coefficient (Wildman–Crippen LogP) is 5.12. The van der Waals surface area contributed by atoms with Crippen LogP contribution in [-0.4, -0.2) is 11.9 Å². The molecule has 3 rings (SSSR count). The van der Waals surface area contributed by atoms with Crippen molar-refractivity contribution in [2.24, 2.45) is 0 Å². The van der Waals surface area contributed by atoms with E-state index in [1.807, 2.05) is 31.2 Å². The molecule has 0 saturated heterocycles. The van der Waals surface area contributed by atoms with Gasteiger partial charge in [0.1, 0.15) is 11.5 Å². The van der Waals surface area contributed by atoms with Crippen LogP contribution < -0.4 is 9.47 Å². The Balaban J connectivity index is 1.73. The van der Waals surface area contributed by atoms with Gasteiger partial charge >= 0.3 is 6.11 Å². The summed E-state index contributed by atoms with van der Waals surface area (Å²) in [4.78, 5) is 0. The summed E-state index contributed by atoms with van der Waals surface area (Å²) in [6.45, 7) is 1.49. The van der Waals surface area contributed by atoms with Crippen LogP contribution in [0.3, 0.4) is 0 Å². The van der Waals surface area contributed by atoms with E-state index in [1.165, 1.54) is 36.4 Å². The highest BCUT2D eigenvalue weighted by Crippen LogP contribution is 2.33. The van der Waals surface area contributed by atoms with Crippen molar-refractivity contribution < 1.29 is 23.4 Å². The Labute approximate surface area is 150 Å². The third kappa shape index (κ3) is 4.18. The fraction of sp³-hybridized carbons (Fsp3) is 0.143. The Hall–Kier alpha value is -2.92. The van der Waals surface area contributed by atoms with E-state index in [0.717, 1.165) is 16.7 Å². The molecule has 0 saturated carbocycles. The van der Waals surface area contributed by atoms with Crippen LogP contribution in [0.1, 0.15) is 11.1 Å². The fourth-order valence-corrected chi connectivity index (χ4v) is 2.49. The van der Waals surface area contributed by atoms with E-state index >= 15 is 0 Å². The Morgan fingerprint density at radius 2 is 1.27 bits per heavy atom.